The minimum atomic E-state index is -0.689. The Balaban J connectivity index is 1.95. The van der Waals surface area contributed by atoms with Gasteiger partial charge in [-0.3, -0.25) is 4.79 Å². The Kier molecular flexibility index (Phi) is 6.01. The van der Waals surface area contributed by atoms with E-state index in [0.717, 1.165) is 12.0 Å². The highest BCUT2D eigenvalue weighted by Crippen LogP contribution is 2.19. The average molecular weight is 335 g/mol. The second-order valence-electron chi connectivity index (χ2n) is 7.51. The molecule has 134 valence electrons. The molecule has 0 spiro atoms. The number of benzene rings is 1. The van der Waals surface area contributed by atoms with Crippen LogP contribution in [-0.2, 0) is 11.2 Å². The fourth-order valence-corrected chi connectivity index (χ4v) is 2.85. The molecule has 1 aromatic carbocycles. The average Bonchev–Trinajstić information content (AvgIpc) is 2.84. The van der Waals surface area contributed by atoms with Gasteiger partial charge in [-0.2, -0.15) is 0 Å². The van der Waals surface area contributed by atoms with Gasteiger partial charge in [-0.15, -0.1) is 0 Å². The Hall–Kier alpha value is -1.43. The SMILES string of the molecule is CC(C)O[C@@H]1CN(C(=O)c2ccc(CCC(C)(C)O)cc2)C[C@H]1O. The molecule has 1 saturated heterocycles. The first-order valence-electron chi connectivity index (χ1n) is 8.60. The van der Waals surface area contributed by atoms with Gasteiger partial charge in [0.2, 0.25) is 0 Å². The Morgan fingerprint density at radius 3 is 2.46 bits per heavy atom. The third-order valence-corrected chi connectivity index (χ3v) is 4.20. The van der Waals surface area contributed by atoms with Crippen LogP contribution in [0.5, 0.6) is 0 Å². The minimum absolute atomic E-state index is 0.0229. The number of carbonyl (C=O) groups is 1. The molecule has 5 nitrogen and oxygen atoms in total. The van der Waals surface area contributed by atoms with Crippen molar-refractivity contribution < 1.29 is 19.7 Å². The lowest BCUT2D eigenvalue weighted by atomic mass is 9.98. The standard InChI is InChI=1S/C19H29NO4/c1-13(2)24-17-12-20(11-16(17)21)18(22)15-7-5-14(6-8-15)9-10-19(3,4)23/h5-8,13,16-17,21,23H,9-12H2,1-4H3/t16-,17-/m1/s1. The van der Waals surface area contributed by atoms with E-state index in [1.54, 1.807) is 18.7 Å². The van der Waals surface area contributed by atoms with Gasteiger partial charge < -0.3 is 19.8 Å². The molecular formula is C19H29NO4. The molecule has 0 bridgehead atoms. The van der Waals surface area contributed by atoms with Crippen LogP contribution in [0.25, 0.3) is 0 Å². The van der Waals surface area contributed by atoms with E-state index in [0.29, 0.717) is 25.1 Å². The summed E-state index contributed by atoms with van der Waals surface area (Å²) in [5.74, 6) is -0.0852. The van der Waals surface area contributed by atoms with Crippen molar-refractivity contribution in [3.63, 3.8) is 0 Å². The van der Waals surface area contributed by atoms with Crippen molar-refractivity contribution in [3.05, 3.63) is 35.4 Å². The molecule has 1 aliphatic rings. The van der Waals surface area contributed by atoms with Crippen LogP contribution in [0.1, 0.15) is 50.0 Å². The van der Waals surface area contributed by atoms with Crippen LogP contribution >= 0.6 is 0 Å². The number of aliphatic hydroxyl groups excluding tert-OH is 1. The second-order valence-corrected chi connectivity index (χ2v) is 7.51. The van der Waals surface area contributed by atoms with Crippen LogP contribution in [0.15, 0.2) is 24.3 Å². The first-order chi connectivity index (χ1) is 11.2. The highest BCUT2D eigenvalue weighted by atomic mass is 16.5. The van der Waals surface area contributed by atoms with E-state index in [-0.39, 0.29) is 18.1 Å². The maximum atomic E-state index is 12.6. The molecular weight excluding hydrogens is 306 g/mol. The third kappa shape index (κ3) is 5.30. The van der Waals surface area contributed by atoms with E-state index in [4.69, 9.17) is 4.74 Å². The summed E-state index contributed by atoms with van der Waals surface area (Å²) in [5.41, 5.74) is 1.02. The summed E-state index contributed by atoms with van der Waals surface area (Å²) in [4.78, 5) is 14.2. The molecule has 1 aliphatic heterocycles. The minimum Gasteiger partial charge on any atom is -0.390 e. The van der Waals surface area contributed by atoms with E-state index in [2.05, 4.69) is 0 Å². The normalized spacial score (nSPS) is 21.5. The zero-order chi connectivity index (χ0) is 17.9. The summed E-state index contributed by atoms with van der Waals surface area (Å²) in [5, 5.41) is 19.8. The topological polar surface area (TPSA) is 70.0 Å². The fraction of sp³-hybridized carbons (Fsp3) is 0.632. The molecule has 2 N–H and O–H groups in total. The lowest BCUT2D eigenvalue weighted by molar-refractivity contribution is -0.0394. The number of ether oxygens (including phenoxy) is 1. The predicted molar refractivity (Wildman–Crippen MR) is 93.0 cm³/mol. The summed E-state index contributed by atoms with van der Waals surface area (Å²) < 4.78 is 5.66. The van der Waals surface area contributed by atoms with E-state index in [9.17, 15) is 15.0 Å². The number of hydrogen-bond acceptors (Lipinski definition) is 4. The lowest BCUT2D eigenvalue weighted by Crippen LogP contribution is -2.31. The van der Waals surface area contributed by atoms with Gasteiger partial charge in [0, 0.05) is 18.7 Å². The van der Waals surface area contributed by atoms with Crippen LogP contribution in [0.3, 0.4) is 0 Å². The molecule has 1 fully saturated rings. The predicted octanol–water partition coefficient (Wildman–Crippen LogP) is 2.00. The van der Waals surface area contributed by atoms with Gasteiger partial charge in [-0.05, 0) is 58.2 Å². The van der Waals surface area contributed by atoms with Crippen LogP contribution in [0.2, 0.25) is 0 Å². The van der Waals surface area contributed by atoms with Gasteiger partial charge in [-0.1, -0.05) is 12.1 Å². The number of aliphatic hydroxyl groups is 2. The zero-order valence-corrected chi connectivity index (χ0v) is 15.0. The molecule has 0 aromatic heterocycles. The molecule has 0 unspecified atom stereocenters. The first kappa shape index (κ1) is 18.9. The van der Waals surface area contributed by atoms with Gasteiger partial charge in [0.05, 0.1) is 17.8 Å². The quantitative estimate of drug-likeness (QED) is 0.834. The van der Waals surface area contributed by atoms with Crippen molar-refractivity contribution in [3.8, 4) is 0 Å². The second kappa shape index (κ2) is 7.64. The summed E-state index contributed by atoms with van der Waals surface area (Å²) >= 11 is 0. The number of aryl methyl sites for hydroxylation is 1. The molecule has 2 rings (SSSR count). The summed E-state index contributed by atoms with van der Waals surface area (Å²) in [6.45, 7) is 8.14. The van der Waals surface area contributed by atoms with E-state index >= 15 is 0 Å². The largest absolute Gasteiger partial charge is 0.390 e. The molecule has 1 aromatic rings. The lowest BCUT2D eigenvalue weighted by Gasteiger charge is -2.18. The first-order valence-corrected chi connectivity index (χ1v) is 8.60. The monoisotopic (exact) mass is 335 g/mol. The van der Waals surface area contributed by atoms with Crippen LogP contribution in [0.4, 0.5) is 0 Å². The van der Waals surface area contributed by atoms with Gasteiger partial charge in [0.1, 0.15) is 6.10 Å². The van der Waals surface area contributed by atoms with Crippen LogP contribution < -0.4 is 0 Å². The Morgan fingerprint density at radius 2 is 1.92 bits per heavy atom. The fourth-order valence-electron chi connectivity index (χ4n) is 2.85. The maximum absolute atomic E-state index is 12.6. The molecule has 0 saturated carbocycles. The van der Waals surface area contributed by atoms with Gasteiger partial charge in [0.15, 0.2) is 0 Å². The van der Waals surface area contributed by atoms with Gasteiger partial charge >= 0.3 is 0 Å². The van der Waals surface area contributed by atoms with Crippen molar-refractivity contribution in [1.29, 1.82) is 0 Å². The Labute approximate surface area is 144 Å². The van der Waals surface area contributed by atoms with Crippen molar-refractivity contribution in [1.82, 2.24) is 4.90 Å². The Bertz CT molecular complexity index is 547. The highest BCUT2D eigenvalue weighted by molar-refractivity contribution is 5.94. The Morgan fingerprint density at radius 1 is 1.29 bits per heavy atom. The molecule has 2 atom stereocenters. The summed E-state index contributed by atoms with van der Waals surface area (Å²) in [6, 6.07) is 7.47. The maximum Gasteiger partial charge on any atom is 0.254 e. The van der Waals surface area contributed by atoms with Crippen molar-refractivity contribution in [2.75, 3.05) is 13.1 Å². The van der Waals surface area contributed by atoms with E-state index in [1.165, 1.54) is 0 Å². The number of β-amino-alcohol motifs (C(OH)–C–C–N with tert-alkyl or cyclic N) is 1. The molecule has 1 amide bonds. The molecule has 24 heavy (non-hydrogen) atoms. The van der Waals surface area contributed by atoms with Gasteiger partial charge in [0.25, 0.3) is 5.91 Å². The van der Waals surface area contributed by atoms with Crippen LogP contribution in [0, 0.1) is 0 Å². The number of hydrogen-bond donors (Lipinski definition) is 2. The summed E-state index contributed by atoms with van der Waals surface area (Å²) in [7, 11) is 0. The number of amides is 1. The smallest absolute Gasteiger partial charge is 0.254 e. The van der Waals surface area contributed by atoms with Crippen molar-refractivity contribution in [2.24, 2.45) is 0 Å². The van der Waals surface area contributed by atoms with Crippen LogP contribution in [-0.4, -0.2) is 58.0 Å². The summed E-state index contributed by atoms with van der Waals surface area (Å²) in [6.07, 6.45) is 0.509. The molecule has 0 radical (unpaired) electrons. The van der Waals surface area contributed by atoms with Crippen molar-refractivity contribution in [2.45, 2.75) is 64.4 Å². The highest BCUT2D eigenvalue weighted by Gasteiger charge is 2.35. The number of carbonyl (C=O) groups excluding carboxylic acids is 1. The van der Waals surface area contributed by atoms with Gasteiger partial charge in [-0.25, -0.2) is 0 Å². The number of rotatable bonds is 6. The van der Waals surface area contributed by atoms with Crippen molar-refractivity contribution >= 4 is 5.91 Å². The third-order valence-electron chi connectivity index (χ3n) is 4.20. The number of nitrogens with zero attached hydrogens (tertiary/aromatic N) is 1. The number of likely N-dealkylation sites (tertiary alicyclic amines) is 1. The molecule has 0 aliphatic carbocycles. The molecule has 5 heteroatoms. The zero-order valence-electron chi connectivity index (χ0n) is 15.0. The van der Waals surface area contributed by atoms with E-state index < -0.39 is 11.7 Å². The van der Waals surface area contributed by atoms with E-state index in [1.807, 2.05) is 38.1 Å². The molecule has 1 heterocycles.